The zero-order valence-corrected chi connectivity index (χ0v) is 25.7. The fraction of sp³-hybridized carbons (Fsp3) is 0.300. The normalized spacial score (nSPS) is 14.7. The topological polar surface area (TPSA) is 177 Å². The van der Waals surface area contributed by atoms with Crippen LogP contribution in [0.4, 0.5) is 24.5 Å². The van der Waals surface area contributed by atoms with Crippen LogP contribution in [-0.2, 0) is 15.7 Å². The number of piperidine rings is 1. The van der Waals surface area contributed by atoms with E-state index in [-0.39, 0.29) is 27.9 Å². The Morgan fingerprint density at radius 1 is 0.957 bits per heavy atom. The highest BCUT2D eigenvalue weighted by Crippen LogP contribution is 2.33. The number of anilines is 2. The second-order valence-electron chi connectivity index (χ2n) is 11.2. The van der Waals surface area contributed by atoms with Gasteiger partial charge in [0, 0.05) is 42.2 Å². The lowest BCUT2D eigenvalue weighted by Crippen LogP contribution is -2.57. The molecule has 7 N–H and O–H groups in total. The van der Waals surface area contributed by atoms with Crippen LogP contribution in [0.5, 0.6) is 0 Å². The van der Waals surface area contributed by atoms with Gasteiger partial charge < -0.3 is 32.3 Å². The van der Waals surface area contributed by atoms with Crippen molar-refractivity contribution in [2.75, 3.05) is 37.4 Å². The van der Waals surface area contributed by atoms with Crippen LogP contribution in [-0.4, -0.2) is 68.8 Å². The molecule has 12 nitrogen and oxygen atoms in total. The molecule has 46 heavy (non-hydrogen) atoms. The number of nitrogens with zero attached hydrogens (tertiary/aromatic N) is 3. The van der Waals surface area contributed by atoms with Crippen molar-refractivity contribution in [1.82, 2.24) is 19.8 Å². The molecule has 4 aromatic rings. The van der Waals surface area contributed by atoms with Crippen LogP contribution in [0.15, 0.2) is 71.8 Å². The minimum Gasteiger partial charge on any atom is -0.377 e. The summed E-state index contributed by atoms with van der Waals surface area (Å²) in [5.74, 6) is -1.55. The van der Waals surface area contributed by atoms with Gasteiger partial charge in [-0.25, -0.2) is 0 Å². The van der Waals surface area contributed by atoms with E-state index in [1.54, 1.807) is 24.3 Å². The van der Waals surface area contributed by atoms with Crippen LogP contribution >= 0.6 is 0 Å². The van der Waals surface area contributed by atoms with E-state index < -0.39 is 39.2 Å². The van der Waals surface area contributed by atoms with E-state index >= 15 is 0 Å². The molecule has 0 spiro atoms. The fourth-order valence-electron chi connectivity index (χ4n) is 5.19. The van der Waals surface area contributed by atoms with Crippen molar-refractivity contribution in [1.29, 1.82) is 0 Å². The van der Waals surface area contributed by atoms with Gasteiger partial charge in [-0.3, -0.25) is 9.59 Å². The lowest BCUT2D eigenvalue weighted by atomic mass is 9.99. The van der Waals surface area contributed by atoms with Gasteiger partial charge in [0.1, 0.15) is 0 Å². The molecule has 2 heterocycles. The van der Waals surface area contributed by atoms with E-state index in [0.717, 1.165) is 36.1 Å². The number of hydrogen-bond acceptors (Lipinski definition) is 9. The number of alkyl halides is 3. The Kier molecular flexibility index (Phi) is 8.83. The molecule has 0 radical (unpaired) electrons. The third kappa shape index (κ3) is 6.28. The number of rotatable bonds is 8. The third-order valence-corrected chi connectivity index (χ3v) is 9.38. The number of carbonyl (C=O) groups is 2. The maximum absolute atomic E-state index is 14.0. The molecule has 1 aliphatic heterocycles. The number of nitrogens with one attached hydrogen (secondary N) is 3. The van der Waals surface area contributed by atoms with Crippen LogP contribution in [0.3, 0.4) is 0 Å². The Bertz CT molecular complexity index is 1880. The van der Waals surface area contributed by atoms with Crippen molar-refractivity contribution < 1.29 is 31.2 Å². The predicted octanol–water partition coefficient (Wildman–Crippen LogP) is 2.71. The zero-order valence-electron chi connectivity index (χ0n) is 24.9. The number of carbonyl (C=O) groups excluding carboxylic acids is 2. The van der Waals surface area contributed by atoms with Gasteiger partial charge in [-0.15, -0.1) is 0 Å². The third-order valence-electron chi connectivity index (χ3n) is 7.79. The first-order valence-electron chi connectivity index (χ1n) is 14.2. The first kappa shape index (κ1) is 32.9. The zero-order chi connectivity index (χ0) is 33.4. The van der Waals surface area contributed by atoms with Gasteiger partial charge in [0.25, 0.3) is 21.8 Å². The Hall–Kier alpha value is -4.51. The number of aromatic nitrogens is 2. The molecule has 0 unspecified atom stereocenters. The molecule has 0 atom stereocenters. The van der Waals surface area contributed by atoms with Crippen molar-refractivity contribution >= 4 is 44.0 Å². The van der Waals surface area contributed by atoms with Crippen molar-refractivity contribution in [3.05, 3.63) is 83.7 Å². The van der Waals surface area contributed by atoms with E-state index in [9.17, 15) is 31.2 Å². The lowest BCUT2D eigenvalue weighted by molar-refractivity contribution is -0.188. The monoisotopic (exact) mass is 658 g/mol. The molecule has 3 aromatic carbocycles. The standard InChI is InChI=1S/C30H33F3N8O4S/c1-40(2)24-7-3-6-22-21(24)5-4-8-25(22)46(44,45)41-17-23(26(39-41)28(43)37-20-13-15-36-16-14-20)38-27(42)18-9-11-19(12-10-18)29(34,35)30(31,32)33/h3-12,17,20,36H,13-16,34-35H2,1-2H3,(H,37,43)(H,38,42). The second kappa shape index (κ2) is 12.4. The molecule has 2 amide bonds. The number of benzene rings is 3. The Labute approximate surface area is 263 Å². The quantitative estimate of drug-likeness (QED) is 0.178. The highest BCUT2D eigenvalue weighted by atomic mass is 32.2. The molecule has 0 bridgehead atoms. The molecule has 1 fully saturated rings. The smallest absolute Gasteiger partial charge is 0.377 e. The van der Waals surface area contributed by atoms with Gasteiger partial charge in [0.2, 0.25) is 0 Å². The highest BCUT2D eigenvalue weighted by molar-refractivity contribution is 7.90. The molecule has 0 saturated carbocycles. The van der Waals surface area contributed by atoms with Crippen LogP contribution in [0, 0.1) is 0 Å². The molecule has 0 aliphatic carbocycles. The number of nitrogens with two attached hydrogens (primary N) is 2. The Morgan fingerprint density at radius 3 is 2.22 bits per heavy atom. The summed E-state index contributed by atoms with van der Waals surface area (Å²) in [6.07, 6.45) is -2.68. The van der Waals surface area contributed by atoms with Crippen molar-refractivity contribution in [3.8, 4) is 0 Å². The van der Waals surface area contributed by atoms with E-state index in [1.807, 2.05) is 25.1 Å². The van der Waals surface area contributed by atoms with Gasteiger partial charge in [-0.2, -0.15) is 30.8 Å². The van der Waals surface area contributed by atoms with Gasteiger partial charge >= 0.3 is 6.18 Å². The molecule has 5 rings (SSSR count). The molecule has 1 aliphatic rings. The summed E-state index contributed by atoms with van der Waals surface area (Å²) >= 11 is 0. The minimum absolute atomic E-state index is 0.0771. The summed E-state index contributed by atoms with van der Waals surface area (Å²) in [4.78, 5) is 28.4. The fourth-order valence-corrected chi connectivity index (χ4v) is 6.53. The Morgan fingerprint density at radius 2 is 1.59 bits per heavy atom. The maximum atomic E-state index is 14.0. The summed E-state index contributed by atoms with van der Waals surface area (Å²) in [5, 5.41) is 13.7. The van der Waals surface area contributed by atoms with Crippen molar-refractivity contribution in [2.45, 2.75) is 35.6 Å². The first-order valence-corrected chi connectivity index (χ1v) is 15.7. The van der Waals surface area contributed by atoms with Gasteiger partial charge in [0.15, 0.2) is 11.4 Å². The van der Waals surface area contributed by atoms with Crippen molar-refractivity contribution in [2.24, 2.45) is 11.5 Å². The molecule has 1 saturated heterocycles. The van der Waals surface area contributed by atoms with Crippen LogP contribution in [0.25, 0.3) is 10.8 Å². The van der Waals surface area contributed by atoms with Gasteiger partial charge in [-0.05, 0) is 55.8 Å². The largest absolute Gasteiger partial charge is 0.423 e. The molecule has 1 aromatic heterocycles. The second-order valence-corrected chi connectivity index (χ2v) is 13.0. The maximum Gasteiger partial charge on any atom is 0.423 e. The number of amides is 2. The van der Waals surface area contributed by atoms with E-state index in [0.29, 0.717) is 40.8 Å². The molecular weight excluding hydrogens is 625 g/mol. The number of halogens is 3. The molecule has 16 heteroatoms. The van der Waals surface area contributed by atoms with Crippen LogP contribution in [0.2, 0.25) is 0 Å². The molecular formula is C30H33F3N8O4S. The number of hydrogen-bond donors (Lipinski definition) is 5. The van der Waals surface area contributed by atoms with E-state index in [2.05, 4.69) is 21.0 Å². The SMILES string of the molecule is CN(C)c1cccc2c(S(=O)(=O)n3cc(NC(=O)c4ccc(C(N)(N)C(F)(F)F)cc4)c(C(=O)NC4CCNCC4)n3)cccc12. The average Bonchev–Trinajstić information content (AvgIpc) is 3.45. The van der Waals surface area contributed by atoms with E-state index in [4.69, 9.17) is 11.5 Å². The summed E-state index contributed by atoms with van der Waals surface area (Å²) in [7, 11) is -0.739. The minimum atomic E-state index is -4.95. The lowest BCUT2D eigenvalue weighted by Gasteiger charge is -2.27. The van der Waals surface area contributed by atoms with Crippen LogP contribution in [0.1, 0.15) is 39.3 Å². The van der Waals surface area contributed by atoms with Gasteiger partial charge in [0.05, 0.1) is 16.8 Å². The first-order chi connectivity index (χ1) is 21.6. The summed E-state index contributed by atoms with van der Waals surface area (Å²) in [5.41, 5.74) is 7.03. The van der Waals surface area contributed by atoms with Gasteiger partial charge in [-0.1, -0.05) is 36.4 Å². The van der Waals surface area contributed by atoms with Crippen LogP contribution < -0.4 is 32.3 Å². The summed E-state index contributed by atoms with van der Waals surface area (Å²) in [6.45, 7) is 1.34. The summed E-state index contributed by atoms with van der Waals surface area (Å²) < 4.78 is 68.5. The summed E-state index contributed by atoms with van der Waals surface area (Å²) in [6, 6.07) is 13.9. The highest BCUT2D eigenvalue weighted by Gasteiger charge is 2.50. The van der Waals surface area contributed by atoms with Crippen molar-refractivity contribution in [3.63, 3.8) is 0 Å². The molecule has 244 valence electrons. The Balaban J connectivity index is 1.52. The number of fused-ring (bicyclic) bond motifs is 1. The predicted molar refractivity (Wildman–Crippen MR) is 167 cm³/mol. The average molecular weight is 659 g/mol. The van der Waals surface area contributed by atoms with E-state index in [1.165, 1.54) is 6.07 Å².